The summed E-state index contributed by atoms with van der Waals surface area (Å²) >= 11 is 0. The summed E-state index contributed by atoms with van der Waals surface area (Å²) in [5.41, 5.74) is 3.36. The molecular weight excluding hydrogens is 290 g/mol. The molecule has 0 atom stereocenters. The van der Waals surface area contributed by atoms with Gasteiger partial charge < -0.3 is 9.30 Å². The minimum Gasteiger partial charge on any atom is -0.483 e. The molecule has 0 saturated heterocycles. The zero-order valence-corrected chi connectivity index (χ0v) is 12.8. The van der Waals surface area contributed by atoms with Gasteiger partial charge in [-0.05, 0) is 23.6 Å². The summed E-state index contributed by atoms with van der Waals surface area (Å²) < 4.78 is 7.51. The first kappa shape index (κ1) is 14.8. The smallest absolute Gasteiger partial charge is 0.277 e. The molecule has 0 saturated carbocycles. The number of hydrogen-bond acceptors (Lipinski definition) is 3. The zero-order valence-electron chi connectivity index (χ0n) is 12.8. The van der Waals surface area contributed by atoms with Gasteiger partial charge in [-0.2, -0.15) is 5.10 Å². The number of rotatable bonds is 5. The van der Waals surface area contributed by atoms with E-state index < -0.39 is 0 Å². The van der Waals surface area contributed by atoms with Gasteiger partial charge in [-0.15, -0.1) is 0 Å². The fourth-order valence-corrected chi connectivity index (χ4v) is 2.28. The van der Waals surface area contributed by atoms with Crippen LogP contribution in [0.2, 0.25) is 0 Å². The Morgan fingerprint density at radius 3 is 2.83 bits per heavy atom. The lowest BCUT2D eigenvalue weighted by atomic mass is 10.1. The number of aromatic nitrogens is 1. The van der Waals surface area contributed by atoms with Crippen LogP contribution in [-0.2, 0) is 11.8 Å². The largest absolute Gasteiger partial charge is 0.483 e. The summed E-state index contributed by atoms with van der Waals surface area (Å²) in [6, 6.07) is 17.5. The van der Waals surface area contributed by atoms with Crippen LogP contribution in [0.25, 0.3) is 10.8 Å². The summed E-state index contributed by atoms with van der Waals surface area (Å²) in [6.07, 6.45) is 3.50. The van der Waals surface area contributed by atoms with E-state index in [1.54, 1.807) is 6.21 Å². The van der Waals surface area contributed by atoms with Crippen molar-refractivity contribution in [3.8, 4) is 5.75 Å². The van der Waals surface area contributed by atoms with Crippen molar-refractivity contribution in [3.63, 3.8) is 0 Å². The molecular formula is C18H17N3O2. The molecule has 2 aromatic carbocycles. The third-order valence-electron chi connectivity index (χ3n) is 3.48. The van der Waals surface area contributed by atoms with Crippen molar-refractivity contribution < 1.29 is 9.53 Å². The lowest BCUT2D eigenvalue weighted by Crippen LogP contribution is -2.24. The predicted molar refractivity (Wildman–Crippen MR) is 90.6 cm³/mol. The molecule has 5 nitrogen and oxygen atoms in total. The molecule has 0 bridgehead atoms. The van der Waals surface area contributed by atoms with Crippen LogP contribution in [0.15, 0.2) is 65.9 Å². The Bertz CT molecular complexity index is 847. The van der Waals surface area contributed by atoms with Crippen LogP contribution in [0.1, 0.15) is 5.69 Å². The summed E-state index contributed by atoms with van der Waals surface area (Å²) in [6.45, 7) is -0.0848. The van der Waals surface area contributed by atoms with E-state index in [1.807, 2.05) is 72.4 Å². The summed E-state index contributed by atoms with van der Waals surface area (Å²) in [5, 5.41) is 5.98. The number of hydrogen-bond donors (Lipinski definition) is 1. The van der Waals surface area contributed by atoms with Crippen molar-refractivity contribution in [3.05, 3.63) is 66.5 Å². The number of amides is 1. The van der Waals surface area contributed by atoms with E-state index in [4.69, 9.17) is 4.74 Å². The highest BCUT2D eigenvalue weighted by molar-refractivity contribution is 5.88. The van der Waals surface area contributed by atoms with Gasteiger partial charge in [0.15, 0.2) is 6.61 Å². The van der Waals surface area contributed by atoms with Crippen LogP contribution in [0.5, 0.6) is 5.75 Å². The van der Waals surface area contributed by atoms with Crippen molar-refractivity contribution in [2.24, 2.45) is 12.1 Å². The minimum absolute atomic E-state index is 0.0848. The van der Waals surface area contributed by atoms with Crippen molar-refractivity contribution in [2.75, 3.05) is 6.61 Å². The van der Waals surface area contributed by atoms with E-state index in [0.717, 1.165) is 16.5 Å². The Morgan fingerprint density at radius 1 is 1.17 bits per heavy atom. The second-order valence-corrected chi connectivity index (χ2v) is 5.10. The summed E-state index contributed by atoms with van der Waals surface area (Å²) in [5.74, 6) is 0.382. The topological polar surface area (TPSA) is 55.6 Å². The summed E-state index contributed by atoms with van der Waals surface area (Å²) in [7, 11) is 1.91. The molecule has 0 aliphatic heterocycles. The molecule has 0 unspecified atom stereocenters. The molecule has 5 heteroatoms. The number of carbonyl (C=O) groups is 1. The number of nitrogens with one attached hydrogen (secondary N) is 1. The van der Waals surface area contributed by atoms with Gasteiger partial charge in [-0.3, -0.25) is 4.79 Å². The van der Waals surface area contributed by atoms with Gasteiger partial charge in [0, 0.05) is 18.6 Å². The molecule has 0 aliphatic rings. The molecule has 1 heterocycles. The van der Waals surface area contributed by atoms with Crippen molar-refractivity contribution >= 4 is 22.9 Å². The second kappa shape index (κ2) is 6.79. The van der Waals surface area contributed by atoms with Crippen LogP contribution in [0.3, 0.4) is 0 Å². The first-order valence-electron chi connectivity index (χ1n) is 7.28. The molecule has 3 rings (SSSR count). The van der Waals surface area contributed by atoms with Crippen LogP contribution in [0.4, 0.5) is 0 Å². The fourth-order valence-electron chi connectivity index (χ4n) is 2.28. The molecule has 1 N–H and O–H groups in total. The van der Waals surface area contributed by atoms with E-state index in [0.29, 0.717) is 5.75 Å². The normalized spacial score (nSPS) is 11.0. The number of carbonyl (C=O) groups excluding carboxylic acids is 1. The molecule has 116 valence electrons. The van der Waals surface area contributed by atoms with E-state index in [2.05, 4.69) is 10.5 Å². The summed E-state index contributed by atoms with van der Waals surface area (Å²) in [4.78, 5) is 11.8. The third kappa shape index (κ3) is 3.58. The first-order valence-corrected chi connectivity index (χ1v) is 7.28. The van der Waals surface area contributed by atoms with Gasteiger partial charge >= 0.3 is 0 Å². The highest BCUT2D eigenvalue weighted by Crippen LogP contribution is 2.24. The maximum absolute atomic E-state index is 11.8. The number of aryl methyl sites for hydroxylation is 1. The zero-order chi connectivity index (χ0) is 16.1. The van der Waals surface area contributed by atoms with Crippen LogP contribution < -0.4 is 10.2 Å². The van der Waals surface area contributed by atoms with E-state index >= 15 is 0 Å². The van der Waals surface area contributed by atoms with Gasteiger partial charge in [0.2, 0.25) is 0 Å². The van der Waals surface area contributed by atoms with Gasteiger partial charge in [0.05, 0.1) is 11.9 Å². The van der Waals surface area contributed by atoms with Crippen LogP contribution >= 0.6 is 0 Å². The predicted octanol–water partition coefficient (Wildman–Crippen LogP) is 2.71. The minimum atomic E-state index is -0.302. The Kier molecular flexibility index (Phi) is 4.38. The number of hydrazone groups is 1. The van der Waals surface area contributed by atoms with E-state index in [9.17, 15) is 4.79 Å². The second-order valence-electron chi connectivity index (χ2n) is 5.10. The molecule has 0 aliphatic carbocycles. The lowest BCUT2D eigenvalue weighted by molar-refractivity contribution is -0.123. The molecule has 1 amide bonds. The van der Waals surface area contributed by atoms with Crippen molar-refractivity contribution in [2.45, 2.75) is 0 Å². The maximum atomic E-state index is 11.8. The Labute approximate surface area is 134 Å². The SMILES string of the molecule is Cn1cccc1/C=N/NC(=O)COc1cccc2ccccc12. The van der Waals surface area contributed by atoms with Crippen molar-refractivity contribution in [1.29, 1.82) is 0 Å². The molecule has 3 aromatic rings. The van der Waals surface area contributed by atoms with Gasteiger partial charge in [-0.1, -0.05) is 36.4 Å². The quantitative estimate of drug-likeness (QED) is 0.582. The molecule has 1 aromatic heterocycles. The molecule has 0 radical (unpaired) electrons. The van der Waals surface area contributed by atoms with Crippen molar-refractivity contribution in [1.82, 2.24) is 9.99 Å². The van der Waals surface area contributed by atoms with E-state index in [1.165, 1.54) is 0 Å². The number of ether oxygens (including phenoxy) is 1. The Hall–Kier alpha value is -3.08. The number of nitrogens with zero attached hydrogens (tertiary/aromatic N) is 2. The average Bonchev–Trinajstić information content (AvgIpc) is 2.98. The monoisotopic (exact) mass is 307 g/mol. The lowest BCUT2D eigenvalue weighted by Gasteiger charge is -2.08. The Balaban J connectivity index is 1.58. The maximum Gasteiger partial charge on any atom is 0.277 e. The van der Waals surface area contributed by atoms with Gasteiger partial charge in [-0.25, -0.2) is 5.43 Å². The van der Waals surface area contributed by atoms with Crippen LogP contribution in [0, 0.1) is 0 Å². The average molecular weight is 307 g/mol. The standard InChI is InChI=1S/C18H17N3O2/c1-21-11-5-8-15(21)12-19-20-18(22)13-23-17-10-4-7-14-6-2-3-9-16(14)17/h2-12H,13H2,1H3,(H,20,22)/b19-12+. The number of fused-ring (bicyclic) bond motifs is 1. The fraction of sp³-hybridized carbons (Fsp3) is 0.111. The van der Waals surface area contributed by atoms with E-state index in [-0.39, 0.29) is 12.5 Å². The first-order chi connectivity index (χ1) is 11.2. The third-order valence-corrected chi connectivity index (χ3v) is 3.48. The molecule has 0 fully saturated rings. The van der Waals surface area contributed by atoms with Crippen LogP contribution in [-0.4, -0.2) is 23.3 Å². The highest BCUT2D eigenvalue weighted by atomic mass is 16.5. The highest BCUT2D eigenvalue weighted by Gasteiger charge is 2.04. The van der Waals surface area contributed by atoms with Gasteiger partial charge in [0.25, 0.3) is 5.91 Å². The van der Waals surface area contributed by atoms with Gasteiger partial charge in [0.1, 0.15) is 5.75 Å². The Morgan fingerprint density at radius 2 is 2.00 bits per heavy atom. The molecule has 0 spiro atoms. The molecule has 23 heavy (non-hydrogen) atoms. The number of benzene rings is 2.